The fourth-order valence-corrected chi connectivity index (χ4v) is 3.90. The van der Waals surface area contributed by atoms with Gasteiger partial charge in [0.1, 0.15) is 22.2 Å². The average Bonchev–Trinajstić information content (AvgIpc) is 2.78. The number of ether oxygens (including phenoxy) is 1. The van der Waals surface area contributed by atoms with Crippen LogP contribution in [0.5, 0.6) is 5.75 Å². The molecule has 0 amide bonds. The van der Waals surface area contributed by atoms with Crippen molar-refractivity contribution in [2.75, 3.05) is 17.8 Å². The Hall–Kier alpha value is -1.25. The number of aromatic nitrogens is 3. The molecule has 2 aromatic rings. The first-order valence-corrected chi connectivity index (χ1v) is 9.85. The van der Waals surface area contributed by atoms with Gasteiger partial charge in [0, 0.05) is 19.1 Å². The number of benzene rings is 1. The van der Waals surface area contributed by atoms with Gasteiger partial charge in [0.25, 0.3) is 0 Å². The SMILES string of the molecule is Cn1c(COc2ccccc2Cl)nnc1SCCS(C)(=O)=O. The Balaban J connectivity index is 1.95. The Morgan fingerprint density at radius 3 is 2.73 bits per heavy atom. The van der Waals surface area contributed by atoms with Crippen molar-refractivity contribution in [1.82, 2.24) is 14.8 Å². The molecule has 0 radical (unpaired) electrons. The molecule has 6 nitrogen and oxygen atoms in total. The van der Waals surface area contributed by atoms with Crippen LogP contribution in [-0.2, 0) is 23.5 Å². The molecule has 22 heavy (non-hydrogen) atoms. The molecule has 1 aromatic heterocycles. The summed E-state index contributed by atoms with van der Waals surface area (Å²) in [5.41, 5.74) is 0. The van der Waals surface area contributed by atoms with Crippen molar-refractivity contribution < 1.29 is 13.2 Å². The van der Waals surface area contributed by atoms with Gasteiger partial charge in [0.15, 0.2) is 11.0 Å². The zero-order valence-electron chi connectivity index (χ0n) is 12.2. The summed E-state index contributed by atoms with van der Waals surface area (Å²) in [6, 6.07) is 7.19. The minimum atomic E-state index is -2.97. The van der Waals surface area contributed by atoms with Crippen LogP contribution >= 0.6 is 23.4 Å². The van der Waals surface area contributed by atoms with Gasteiger partial charge in [-0.3, -0.25) is 0 Å². The summed E-state index contributed by atoms with van der Waals surface area (Å²) < 4.78 is 29.6. The molecule has 120 valence electrons. The highest BCUT2D eigenvalue weighted by Gasteiger charge is 2.12. The maximum absolute atomic E-state index is 11.1. The second kappa shape index (κ2) is 7.34. The fraction of sp³-hybridized carbons (Fsp3) is 0.385. The molecule has 0 fully saturated rings. The summed E-state index contributed by atoms with van der Waals surface area (Å²) in [6.07, 6.45) is 1.22. The predicted molar refractivity (Wildman–Crippen MR) is 87.2 cm³/mol. The number of thioether (sulfide) groups is 1. The van der Waals surface area contributed by atoms with E-state index in [1.54, 1.807) is 16.7 Å². The van der Waals surface area contributed by atoms with Crippen LogP contribution in [0.2, 0.25) is 5.02 Å². The van der Waals surface area contributed by atoms with E-state index < -0.39 is 9.84 Å². The zero-order chi connectivity index (χ0) is 16.2. The highest BCUT2D eigenvalue weighted by molar-refractivity contribution is 8.00. The monoisotopic (exact) mass is 361 g/mol. The lowest BCUT2D eigenvalue weighted by Gasteiger charge is -2.07. The molecule has 9 heteroatoms. The van der Waals surface area contributed by atoms with E-state index in [2.05, 4.69) is 10.2 Å². The molecule has 0 N–H and O–H groups in total. The lowest BCUT2D eigenvalue weighted by atomic mass is 10.3. The molecule has 2 rings (SSSR count). The second-order valence-electron chi connectivity index (χ2n) is 4.66. The predicted octanol–water partition coefficient (Wildman–Crippen LogP) is 2.18. The minimum Gasteiger partial charge on any atom is -0.484 e. The molecule has 0 aliphatic heterocycles. The summed E-state index contributed by atoms with van der Waals surface area (Å²) in [5, 5.41) is 9.28. The molecule has 0 unspecified atom stereocenters. The van der Waals surface area contributed by atoms with Crippen LogP contribution < -0.4 is 4.74 Å². The molecular weight excluding hydrogens is 346 g/mol. The van der Waals surface area contributed by atoms with E-state index >= 15 is 0 Å². The minimum absolute atomic E-state index is 0.107. The van der Waals surface area contributed by atoms with E-state index in [9.17, 15) is 8.42 Å². The van der Waals surface area contributed by atoms with Gasteiger partial charge in [-0.15, -0.1) is 10.2 Å². The van der Waals surface area contributed by atoms with Gasteiger partial charge in [0.05, 0.1) is 10.8 Å². The lowest BCUT2D eigenvalue weighted by Crippen LogP contribution is -2.07. The molecule has 1 heterocycles. The van der Waals surface area contributed by atoms with Gasteiger partial charge in [-0.05, 0) is 12.1 Å². The Labute approximate surface area is 138 Å². The van der Waals surface area contributed by atoms with Crippen LogP contribution in [0.1, 0.15) is 5.82 Å². The molecule has 0 saturated carbocycles. The van der Waals surface area contributed by atoms with Crippen LogP contribution in [0.3, 0.4) is 0 Å². The van der Waals surface area contributed by atoms with Gasteiger partial charge in [-0.25, -0.2) is 8.42 Å². The van der Waals surface area contributed by atoms with Gasteiger partial charge in [-0.1, -0.05) is 35.5 Å². The Bertz CT molecular complexity index is 747. The molecule has 0 aliphatic carbocycles. The van der Waals surface area contributed by atoms with Crippen LogP contribution in [0, 0.1) is 0 Å². The number of nitrogens with zero attached hydrogens (tertiary/aromatic N) is 3. The van der Waals surface area contributed by atoms with Crippen molar-refractivity contribution in [3.8, 4) is 5.75 Å². The van der Waals surface area contributed by atoms with E-state index in [1.165, 1.54) is 18.0 Å². The van der Waals surface area contributed by atoms with Gasteiger partial charge < -0.3 is 9.30 Å². The lowest BCUT2D eigenvalue weighted by molar-refractivity contribution is 0.290. The van der Waals surface area contributed by atoms with E-state index in [-0.39, 0.29) is 12.4 Å². The molecule has 0 spiro atoms. The van der Waals surface area contributed by atoms with E-state index in [4.69, 9.17) is 16.3 Å². The van der Waals surface area contributed by atoms with Gasteiger partial charge in [-0.2, -0.15) is 0 Å². The fourth-order valence-electron chi connectivity index (χ4n) is 1.58. The number of para-hydroxylation sites is 1. The molecular formula is C13H16ClN3O3S2. The van der Waals surface area contributed by atoms with Crippen molar-refractivity contribution in [1.29, 1.82) is 0 Å². The summed E-state index contributed by atoms with van der Waals surface area (Å²) >= 11 is 7.37. The second-order valence-corrected chi connectivity index (χ2v) is 8.38. The van der Waals surface area contributed by atoms with E-state index in [0.29, 0.717) is 27.5 Å². The van der Waals surface area contributed by atoms with E-state index in [1.807, 2.05) is 19.2 Å². The van der Waals surface area contributed by atoms with Gasteiger partial charge >= 0.3 is 0 Å². The largest absolute Gasteiger partial charge is 0.484 e. The number of halogens is 1. The summed E-state index contributed by atoms with van der Waals surface area (Å²) in [4.78, 5) is 0. The molecule has 0 bridgehead atoms. The smallest absolute Gasteiger partial charge is 0.191 e. The van der Waals surface area contributed by atoms with Crippen molar-refractivity contribution in [2.24, 2.45) is 7.05 Å². The maximum atomic E-state index is 11.1. The third-order valence-electron chi connectivity index (χ3n) is 2.80. The summed E-state index contributed by atoms with van der Waals surface area (Å²) in [6.45, 7) is 0.236. The highest BCUT2D eigenvalue weighted by atomic mass is 35.5. The average molecular weight is 362 g/mol. The number of hydrogen-bond acceptors (Lipinski definition) is 6. The first-order valence-electron chi connectivity index (χ1n) is 6.43. The highest BCUT2D eigenvalue weighted by Crippen LogP contribution is 2.24. The van der Waals surface area contributed by atoms with Crippen LogP contribution in [0.15, 0.2) is 29.4 Å². The van der Waals surface area contributed by atoms with Crippen molar-refractivity contribution in [2.45, 2.75) is 11.8 Å². The molecule has 0 atom stereocenters. The Morgan fingerprint density at radius 2 is 2.05 bits per heavy atom. The normalized spacial score (nSPS) is 11.6. The standard InChI is InChI=1S/C13H16ClN3O3S2/c1-17-12(9-20-11-6-4-3-5-10(11)14)15-16-13(17)21-7-8-22(2,18)19/h3-6H,7-9H2,1-2H3. The maximum Gasteiger partial charge on any atom is 0.191 e. The summed E-state index contributed by atoms with van der Waals surface area (Å²) in [5.74, 6) is 1.77. The summed E-state index contributed by atoms with van der Waals surface area (Å²) in [7, 11) is -1.16. The zero-order valence-corrected chi connectivity index (χ0v) is 14.6. The quantitative estimate of drug-likeness (QED) is 0.704. The van der Waals surface area contributed by atoms with Crippen LogP contribution in [0.25, 0.3) is 0 Å². The van der Waals surface area contributed by atoms with Crippen molar-refractivity contribution in [3.63, 3.8) is 0 Å². The van der Waals surface area contributed by atoms with Gasteiger partial charge in [0.2, 0.25) is 0 Å². The van der Waals surface area contributed by atoms with Crippen molar-refractivity contribution >= 4 is 33.2 Å². The van der Waals surface area contributed by atoms with Crippen molar-refractivity contribution in [3.05, 3.63) is 35.1 Å². The third-order valence-corrected chi connectivity index (χ3v) is 5.34. The first-order chi connectivity index (χ1) is 10.4. The molecule has 1 aromatic carbocycles. The number of sulfone groups is 1. The molecule has 0 aliphatic rings. The number of hydrogen-bond donors (Lipinski definition) is 0. The first kappa shape index (κ1) is 17.1. The van der Waals surface area contributed by atoms with Crippen LogP contribution in [-0.4, -0.2) is 40.9 Å². The Morgan fingerprint density at radius 1 is 1.32 bits per heavy atom. The molecule has 0 saturated heterocycles. The topological polar surface area (TPSA) is 74.1 Å². The van der Waals surface area contributed by atoms with E-state index in [0.717, 1.165) is 0 Å². The Kier molecular flexibility index (Phi) is 5.71. The number of rotatable bonds is 7. The van der Waals surface area contributed by atoms with Crippen LogP contribution in [0.4, 0.5) is 0 Å². The third kappa shape index (κ3) is 4.89.